The molecular formula is C54H100N3O14P. The molecule has 1 aliphatic heterocycles. The zero-order chi connectivity index (χ0) is 51.9. The van der Waals surface area contributed by atoms with Crippen LogP contribution in [-0.2, 0) is 56.5 Å². The molecule has 0 saturated heterocycles. The van der Waals surface area contributed by atoms with Gasteiger partial charge in [0.05, 0.1) is 26.4 Å². The van der Waals surface area contributed by atoms with Gasteiger partial charge < -0.3 is 34.5 Å². The van der Waals surface area contributed by atoms with Crippen molar-refractivity contribution >= 4 is 43.6 Å². The van der Waals surface area contributed by atoms with E-state index < -0.39 is 57.0 Å². The molecule has 0 radical (unpaired) electrons. The molecule has 2 unspecified atom stereocenters. The fraction of sp³-hybridized carbons (Fsp3) is 0.852. The van der Waals surface area contributed by atoms with Crippen LogP contribution in [0.1, 0.15) is 233 Å². The Balaban J connectivity index is 0.0000504. The van der Waals surface area contributed by atoms with Crippen LogP contribution in [0.25, 0.3) is 0 Å². The van der Waals surface area contributed by atoms with E-state index in [4.69, 9.17) is 28.0 Å². The van der Waals surface area contributed by atoms with E-state index in [0.717, 1.165) is 55.6 Å². The molecule has 4 amide bonds. The number of phosphoric acid groups is 1. The highest BCUT2D eigenvalue weighted by molar-refractivity contribution is 7.47. The smallest absolute Gasteiger partial charge is 0.462 e. The molecule has 0 aliphatic carbocycles. The minimum Gasteiger partial charge on any atom is -0.462 e. The van der Waals surface area contributed by atoms with Crippen LogP contribution in [0, 0.1) is 0 Å². The van der Waals surface area contributed by atoms with E-state index in [2.05, 4.69) is 24.5 Å². The molecule has 17 nitrogen and oxygen atoms in total. The van der Waals surface area contributed by atoms with Crippen LogP contribution in [0.15, 0.2) is 12.2 Å². The summed E-state index contributed by atoms with van der Waals surface area (Å²) in [5.41, 5.74) is 0. The first-order valence-electron chi connectivity index (χ1n) is 27.7. The van der Waals surface area contributed by atoms with Crippen LogP contribution in [0.4, 0.5) is 4.79 Å². The summed E-state index contributed by atoms with van der Waals surface area (Å²) < 4.78 is 44.1. The van der Waals surface area contributed by atoms with E-state index in [1.165, 1.54) is 141 Å². The van der Waals surface area contributed by atoms with Gasteiger partial charge in [-0.2, -0.15) is 0 Å². The van der Waals surface area contributed by atoms with Gasteiger partial charge in [-0.15, -0.1) is 0 Å². The average molecular weight is 1050 g/mol. The van der Waals surface area contributed by atoms with Gasteiger partial charge in [-0.1, -0.05) is 201 Å². The fourth-order valence-corrected chi connectivity index (χ4v) is 8.74. The maximum absolute atomic E-state index is 12.8. The number of hydrogen-bond acceptors (Lipinski definition) is 13. The number of imide groups is 1. The van der Waals surface area contributed by atoms with Crippen LogP contribution in [0.2, 0.25) is 0 Å². The third kappa shape index (κ3) is 43.1. The topological polar surface area (TPSA) is 222 Å². The first kappa shape index (κ1) is 68.6. The second-order valence-electron chi connectivity index (χ2n) is 18.7. The molecule has 0 spiro atoms. The number of ether oxygens (including phenoxy) is 4. The Bertz CT molecular complexity index is 1470. The molecule has 1 heterocycles. The van der Waals surface area contributed by atoms with Gasteiger partial charge in [-0.25, -0.2) is 9.36 Å². The molecule has 3 N–H and O–H groups in total. The predicted octanol–water partition coefficient (Wildman–Crippen LogP) is 11.9. The van der Waals surface area contributed by atoms with Crippen molar-refractivity contribution in [2.75, 3.05) is 59.3 Å². The van der Waals surface area contributed by atoms with Gasteiger partial charge in [0, 0.05) is 51.0 Å². The van der Waals surface area contributed by atoms with Crippen molar-refractivity contribution in [3.63, 3.8) is 0 Å². The molecule has 0 fully saturated rings. The highest BCUT2D eigenvalue weighted by Gasteiger charge is 2.27. The highest BCUT2D eigenvalue weighted by Crippen LogP contribution is 2.43. The third-order valence-corrected chi connectivity index (χ3v) is 13.2. The van der Waals surface area contributed by atoms with E-state index in [0.29, 0.717) is 12.8 Å². The second-order valence-corrected chi connectivity index (χ2v) is 20.2. The van der Waals surface area contributed by atoms with E-state index in [9.17, 15) is 38.2 Å². The number of unbranched alkanes of at least 4 members (excludes halogenated alkanes) is 28. The summed E-state index contributed by atoms with van der Waals surface area (Å²) in [6, 6.07) is 0. The molecule has 0 aromatic heterocycles. The summed E-state index contributed by atoms with van der Waals surface area (Å²) in [5, 5.41) is 4.97. The van der Waals surface area contributed by atoms with Gasteiger partial charge in [0.2, 0.25) is 5.91 Å². The molecule has 420 valence electrons. The van der Waals surface area contributed by atoms with Crippen molar-refractivity contribution in [3.05, 3.63) is 12.2 Å². The fourth-order valence-electron chi connectivity index (χ4n) is 7.99. The largest absolute Gasteiger partial charge is 0.472 e. The Morgan fingerprint density at radius 2 is 0.958 bits per heavy atom. The van der Waals surface area contributed by atoms with E-state index in [-0.39, 0.29) is 78.7 Å². The van der Waals surface area contributed by atoms with Crippen molar-refractivity contribution < 1.29 is 66.2 Å². The monoisotopic (exact) mass is 1050 g/mol. The van der Waals surface area contributed by atoms with Gasteiger partial charge >= 0.3 is 25.9 Å². The van der Waals surface area contributed by atoms with E-state index >= 15 is 0 Å². The SMILES string of the molecule is C.CCCCCCCCCCCCCCCCCC(=O)OCC(COP(=O)(O)OCCNC(=O)OCCOCCNC(=O)CCN1C(=O)C=CC1=O)OC(=O)CCCCCCCCCCCCCCCCC. The van der Waals surface area contributed by atoms with Crippen molar-refractivity contribution in [1.82, 2.24) is 15.5 Å². The summed E-state index contributed by atoms with van der Waals surface area (Å²) >= 11 is 0. The van der Waals surface area contributed by atoms with Gasteiger partial charge in [-0.05, 0) is 12.8 Å². The molecule has 0 bridgehead atoms. The maximum Gasteiger partial charge on any atom is 0.472 e. The lowest BCUT2D eigenvalue weighted by atomic mass is 10.0. The first-order chi connectivity index (χ1) is 34.5. The molecule has 0 saturated carbocycles. The van der Waals surface area contributed by atoms with Gasteiger partial charge in [0.25, 0.3) is 11.8 Å². The van der Waals surface area contributed by atoms with Crippen molar-refractivity contribution in [3.8, 4) is 0 Å². The molecule has 0 aromatic rings. The first-order valence-corrected chi connectivity index (χ1v) is 29.2. The average Bonchev–Trinajstić information content (AvgIpc) is 3.67. The summed E-state index contributed by atoms with van der Waals surface area (Å²) in [4.78, 5) is 83.8. The number of nitrogens with zero attached hydrogens (tertiary/aromatic N) is 1. The Kier molecular flexibility index (Phi) is 46.3. The number of esters is 2. The normalized spacial score (nSPS) is 13.4. The number of nitrogens with one attached hydrogen (secondary N) is 2. The van der Waals surface area contributed by atoms with Crippen LogP contribution in [0.5, 0.6) is 0 Å². The molecule has 0 aromatic carbocycles. The molecule has 1 rings (SSSR count). The number of carbonyl (C=O) groups excluding carboxylic acids is 6. The zero-order valence-electron chi connectivity index (χ0n) is 44.1. The lowest BCUT2D eigenvalue weighted by Crippen LogP contribution is -2.35. The minimum atomic E-state index is -4.67. The zero-order valence-corrected chi connectivity index (χ0v) is 45.0. The predicted molar refractivity (Wildman–Crippen MR) is 282 cm³/mol. The second kappa shape index (κ2) is 48.6. The molecule has 72 heavy (non-hydrogen) atoms. The Morgan fingerprint density at radius 3 is 1.43 bits per heavy atom. The summed E-state index contributed by atoms with van der Waals surface area (Å²) in [6.07, 6.45) is 37.0. The number of alkyl carbamates (subject to hydrolysis) is 1. The number of hydrogen-bond donors (Lipinski definition) is 3. The molecule has 18 heteroatoms. The van der Waals surface area contributed by atoms with Crippen molar-refractivity contribution in [1.29, 1.82) is 0 Å². The number of carbonyl (C=O) groups is 6. The summed E-state index contributed by atoms with van der Waals surface area (Å²) in [7, 11) is -4.67. The van der Waals surface area contributed by atoms with Gasteiger partial charge in [0.15, 0.2) is 6.10 Å². The van der Waals surface area contributed by atoms with E-state index in [1.807, 2.05) is 0 Å². The van der Waals surface area contributed by atoms with Crippen LogP contribution < -0.4 is 10.6 Å². The lowest BCUT2D eigenvalue weighted by Gasteiger charge is -2.20. The van der Waals surface area contributed by atoms with Gasteiger partial charge in [0.1, 0.15) is 13.2 Å². The molecule has 1 aliphatic rings. The third-order valence-electron chi connectivity index (χ3n) is 12.2. The van der Waals surface area contributed by atoms with E-state index in [1.54, 1.807) is 0 Å². The molecular weight excluding hydrogens is 946 g/mol. The standard InChI is InChI=1S/C53H96N3O14P.CH4/c1-3-5-7-9-11-13-15-17-19-21-23-25-27-29-31-33-51(60)67-45-47(70-52(61)34-32-30-28-26-24-22-20-18-16-14-12-10-8-6-4-2)46-69-71(63,64)68-42-39-55-53(62)66-44-43-65-41-38-54-48(57)37-40-56-49(58)35-36-50(56)59;/h35-36,47H,3-34,37-46H2,1-2H3,(H,54,57)(H,55,62)(H,63,64);1H4. The Labute approximate surface area is 434 Å². The van der Waals surface area contributed by atoms with Crippen molar-refractivity contribution in [2.24, 2.45) is 0 Å². The summed E-state index contributed by atoms with van der Waals surface area (Å²) in [5.74, 6) is -2.23. The summed E-state index contributed by atoms with van der Waals surface area (Å²) in [6.45, 7) is 3.18. The van der Waals surface area contributed by atoms with Crippen molar-refractivity contribution in [2.45, 2.75) is 239 Å². The van der Waals surface area contributed by atoms with Crippen LogP contribution >= 0.6 is 7.82 Å². The number of amides is 4. The molecule has 2 atom stereocenters. The lowest BCUT2D eigenvalue weighted by molar-refractivity contribution is -0.161. The number of phosphoric ester groups is 1. The minimum absolute atomic E-state index is 0. The highest BCUT2D eigenvalue weighted by atomic mass is 31.2. The van der Waals surface area contributed by atoms with Crippen LogP contribution in [0.3, 0.4) is 0 Å². The quantitative estimate of drug-likeness (QED) is 0.0170. The van der Waals surface area contributed by atoms with Crippen LogP contribution in [-0.4, -0.2) is 111 Å². The maximum atomic E-state index is 12.8. The number of rotatable bonds is 51. The Morgan fingerprint density at radius 1 is 0.528 bits per heavy atom. The Hall–Kier alpha value is -3.37. The van der Waals surface area contributed by atoms with Gasteiger partial charge in [-0.3, -0.25) is 37.9 Å².